The Morgan fingerprint density at radius 3 is 2.57 bits per heavy atom. The first-order chi connectivity index (χ1) is 11.1. The summed E-state index contributed by atoms with van der Waals surface area (Å²) >= 11 is 0. The third-order valence-corrected chi connectivity index (χ3v) is 4.89. The Labute approximate surface area is 134 Å². The number of hydrogen-bond donors (Lipinski definition) is 3. The molecule has 116 valence electrons. The molecule has 3 N–H and O–H groups in total. The minimum atomic E-state index is -0.969. The van der Waals surface area contributed by atoms with E-state index < -0.39 is 12.2 Å². The quantitative estimate of drug-likeness (QED) is 0.605. The van der Waals surface area contributed by atoms with Crippen LogP contribution in [0.25, 0.3) is 27.6 Å². The molecular formula is C20H18O3. The van der Waals surface area contributed by atoms with E-state index in [0.717, 1.165) is 38.2 Å². The van der Waals surface area contributed by atoms with Gasteiger partial charge in [0.2, 0.25) is 0 Å². The third-order valence-electron chi connectivity index (χ3n) is 4.89. The molecule has 0 aromatic heterocycles. The maximum absolute atomic E-state index is 10.5. The average molecular weight is 306 g/mol. The maximum atomic E-state index is 10.5. The van der Waals surface area contributed by atoms with Crippen LogP contribution in [0.3, 0.4) is 0 Å². The molecule has 0 amide bonds. The summed E-state index contributed by atoms with van der Waals surface area (Å²) in [5.41, 5.74) is 3.30. The van der Waals surface area contributed by atoms with Gasteiger partial charge in [-0.15, -0.1) is 0 Å². The number of fused-ring (bicyclic) bond motifs is 4. The van der Waals surface area contributed by atoms with Crippen molar-refractivity contribution < 1.29 is 15.3 Å². The minimum Gasteiger partial charge on any atom is -0.392 e. The lowest BCUT2D eigenvalue weighted by atomic mass is 9.81. The molecule has 0 saturated carbocycles. The maximum Gasteiger partial charge on any atom is 0.109 e. The predicted molar refractivity (Wildman–Crippen MR) is 92.1 cm³/mol. The van der Waals surface area contributed by atoms with Crippen molar-refractivity contribution in [2.24, 2.45) is 0 Å². The first-order valence-corrected chi connectivity index (χ1v) is 7.75. The number of aliphatic hydroxyl groups is 3. The Morgan fingerprint density at radius 2 is 1.78 bits per heavy atom. The van der Waals surface area contributed by atoms with Gasteiger partial charge in [-0.2, -0.15) is 0 Å². The second-order valence-electron chi connectivity index (χ2n) is 6.09. The predicted octanol–water partition coefficient (Wildman–Crippen LogP) is 3.21. The standard InChI is InChI=1S/C20H18O3/c1-11-18-13-5-3-2-4-12(13)6-7-14(18)16(10-21)15-8-9-17(22)20(23)19(11)15/h2-9,17,20-23H,10H2,1H3. The van der Waals surface area contributed by atoms with E-state index in [1.807, 2.05) is 25.1 Å². The molecule has 2 atom stereocenters. The Kier molecular flexibility index (Phi) is 3.23. The second-order valence-corrected chi connectivity index (χ2v) is 6.09. The van der Waals surface area contributed by atoms with Gasteiger partial charge in [0.1, 0.15) is 12.2 Å². The van der Waals surface area contributed by atoms with Crippen molar-refractivity contribution in [3.63, 3.8) is 0 Å². The van der Waals surface area contributed by atoms with Crippen molar-refractivity contribution >= 4 is 27.6 Å². The zero-order chi connectivity index (χ0) is 16.1. The molecule has 0 radical (unpaired) electrons. The largest absolute Gasteiger partial charge is 0.392 e. The average Bonchev–Trinajstić information content (AvgIpc) is 2.57. The van der Waals surface area contributed by atoms with Crippen LogP contribution in [0.15, 0.2) is 42.5 Å². The van der Waals surface area contributed by atoms with Crippen molar-refractivity contribution in [1.82, 2.24) is 0 Å². The van der Waals surface area contributed by atoms with Crippen LogP contribution < -0.4 is 0 Å². The van der Waals surface area contributed by atoms with Crippen molar-refractivity contribution in [1.29, 1.82) is 0 Å². The molecule has 0 saturated heterocycles. The highest BCUT2D eigenvalue weighted by Gasteiger charge is 2.28. The van der Waals surface area contributed by atoms with E-state index >= 15 is 0 Å². The lowest BCUT2D eigenvalue weighted by molar-refractivity contribution is 0.0465. The van der Waals surface area contributed by atoms with E-state index in [1.54, 1.807) is 12.2 Å². The van der Waals surface area contributed by atoms with Crippen LogP contribution in [0.4, 0.5) is 0 Å². The third kappa shape index (κ3) is 1.94. The molecule has 1 aliphatic carbocycles. The topological polar surface area (TPSA) is 60.7 Å². The molecule has 0 bridgehead atoms. The van der Waals surface area contributed by atoms with Crippen LogP contribution in [-0.4, -0.2) is 21.4 Å². The number of aliphatic hydroxyl groups excluding tert-OH is 3. The van der Waals surface area contributed by atoms with E-state index in [4.69, 9.17) is 0 Å². The van der Waals surface area contributed by atoms with Crippen molar-refractivity contribution in [2.75, 3.05) is 0 Å². The van der Waals surface area contributed by atoms with Gasteiger partial charge in [0.05, 0.1) is 6.61 Å². The van der Waals surface area contributed by atoms with Crippen LogP contribution in [0, 0.1) is 6.92 Å². The van der Waals surface area contributed by atoms with Gasteiger partial charge in [-0.25, -0.2) is 0 Å². The summed E-state index contributed by atoms with van der Waals surface area (Å²) < 4.78 is 0. The van der Waals surface area contributed by atoms with E-state index in [-0.39, 0.29) is 6.61 Å². The lowest BCUT2D eigenvalue weighted by Crippen LogP contribution is -2.21. The summed E-state index contributed by atoms with van der Waals surface area (Å²) in [5.74, 6) is 0. The highest BCUT2D eigenvalue weighted by molar-refractivity contribution is 6.11. The van der Waals surface area contributed by atoms with Crippen molar-refractivity contribution in [3.05, 3.63) is 64.7 Å². The number of hydrogen-bond acceptors (Lipinski definition) is 3. The van der Waals surface area contributed by atoms with Crippen molar-refractivity contribution in [3.8, 4) is 0 Å². The van der Waals surface area contributed by atoms with Gasteiger partial charge in [0.25, 0.3) is 0 Å². The molecule has 0 heterocycles. The van der Waals surface area contributed by atoms with E-state index in [1.165, 1.54) is 0 Å². The summed E-state index contributed by atoms with van der Waals surface area (Å²) in [5, 5.41) is 34.6. The summed E-state index contributed by atoms with van der Waals surface area (Å²) in [6, 6.07) is 12.2. The SMILES string of the molecule is Cc1c2c(c(CO)c3ccc4ccccc4c13)C=CC(O)C2O. The summed E-state index contributed by atoms with van der Waals surface area (Å²) in [6.45, 7) is 1.87. The molecule has 3 aromatic carbocycles. The summed E-state index contributed by atoms with van der Waals surface area (Å²) in [6.07, 6.45) is 1.50. The Hall–Kier alpha value is -2.20. The van der Waals surface area contributed by atoms with E-state index in [9.17, 15) is 15.3 Å². The Morgan fingerprint density at radius 1 is 1.00 bits per heavy atom. The zero-order valence-electron chi connectivity index (χ0n) is 12.8. The number of aryl methyl sites for hydroxylation is 1. The molecular weight excluding hydrogens is 288 g/mol. The van der Waals surface area contributed by atoms with E-state index in [2.05, 4.69) is 18.2 Å². The fourth-order valence-electron chi connectivity index (χ4n) is 3.78. The van der Waals surface area contributed by atoms with Gasteiger partial charge in [0.15, 0.2) is 0 Å². The van der Waals surface area contributed by atoms with Gasteiger partial charge < -0.3 is 15.3 Å². The Bertz CT molecular complexity index is 956. The molecule has 1 aliphatic rings. The molecule has 2 unspecified atom stereocenters. The van der Waals surface area contributed by atoms with Crippen LogP contribution in [0.2, 0.25) is 0 Å². The molecule has 0 spiro atoms. The molecule has 0 aliphatic heterocycles. The van der Waals surface area contributed by atoms with Gasteiger partial charge >= 0.3 is 0 Å². The van der Waals surface area contributed by atoms with Crippen LogP contribution in [-0.2, 0) is 6.61 Å². The van der Waals surface area contributed by atoms with Crippen LogP contribution >= 0.6 is 0 Å². The van der Waals surface area contributed by atoms with Gasteiger partial charge in [-0.1, -0.05) is 48.6 Å². The number of rotatable bonds is 1. The normalized spacial score (nSPS) is 20.2. The van der Waals surface area contributed by atoms with Gasteiger partial charge in [-0.3, -0.25) is 0 Å². The Balaban J connectivity index is 2.25. The summed E-state index contributed by atoms with van der Waals surface area (Å²) in [7, 11) is 0. The van der Waals surface area contributed by atoms with E-state index in [0.29, 0.717) is 5.56 Å². The monoisotopic (exact) mass is 306 g/mol. The fourth-order valence-corrected chi connectivity index (χ4v) is 3.78. The molecule has 4 rings (SSSR count). The zero-order valence-corrected chi connectivity index (χ0v) is 12.8. The highest BCUT2D eigenvalue weighted by atomic mass is 16.3. The summed E-state index contributed by atoms with van der Waals surface area (Å²) in [4.78, 5) is 0. The first kappa shape index (κ1) is 14.4. The molecule has 3 aromatic rings. The minimum absolute atomic E-state index is 0.107. The smallest absolute Gasteiger partial charge is 0.109 e. The van der Waals surface area contributed by atoms with Crippen LogP contribution in [0.1, 0.15) is 28.4 Å². The number of benzene rings is 3. The first-order valence-electron chi connectivity index (χ1n) is 7.75. The molecule has 0 fully saturated rings. The van der Waals surface area contributed by atoms with Crippen molar-refractivity contribution in [2.45, 2.75) is 25.7 Å². The lowest BCUT2D eigenvalue weighted by Gasteiger charge is -2.27. The fraction of sp³-hybridized carbons (Fsp3) is 0.200. The second kappa shape index (κ2) is 5.17. The molecule has 3 heteroatoms. The van der Waals surface area contributed by atoms with Gasteiger partial charge in [0, 0.05) is 0 Å². The molecule has 3 nitrogen and oxygen atoms in total. The molecule has 23 heavy (non-hydrogen) atoms. The highest BCUT2D eigenvalue weighted by Crippen LogP contribution is 2.41. The van der Waals surface area contributed by atoms with Gasteiger partial charge in [-0.05, 0) is 50.7 Å². The van der Waals surface area contributed by atoms with Crippen LogP contribution in [0.5, 0.6) is 0 Å².